The fraction of sp³-hybridized carbons (Fsp3) is 0.105. The quantitative estimate of drug-likeness (QED) is 0.430. The minimum absolute atomic E-state index is 0.259. The molecule has 3 aromatic rings. The lowest BCUT2D eigenvalue weighted by Gasteiger charge is -2.04. The van der Waals surface area contributed by atoms with Gasteiger partial charge in [-0.2, -0.15) is 5.10 Å². The molecule has 3 rings (SSSR count). The molecule has 7 heteroatoms. The van der Waals surface area contributed by atoms with Crippen LogP contribution in [0.15, 0.2) is 64.5 Å². The number of aliphatic hydroxyl groups is 1. The molecule has 0 saturated heterocycles. The van der Waals surface area contributed by atoms with Crippen LogP contribution in [0.5, 0.6) is 0 Å². The van der Waals surface area contributed by atoms with Crippen LogP contribution in [0.3, 0.4) is 0 Å². The number of nitrogens with one attached hydrogen (secondary N) is 3. The van der Waals surface area contributed by atoms with E-state index in [9.17, 15) is 9.59 Å². The molecule has 0 aliphatic rings. The predicted molar refractivity (Wildman–Crippen MR) is 104 cm³/mol. The number of carbonyl (C=O) groups is 1. The Morgan fingerprint density at radius 2 is 1.85 bits per heavy atom. The number of benzene rings is 2. The summed E-state index contributed by atoms with van der Waals surface area (Å²) >= 11 is 0. The van der Waals surface area contributed by atoms with Crippen molar-refractivity contribution in [3.8, 4) is 0 Å². The zero-order valence-corrected chi connectivity index (χ0v) is 14.5. The first-order chi connectivity index (χ1) is 12.6. The zero-order chi connectivity index (χ0) is 18.9. The second-order valence-corrected chi connectivity index (χ2v) is 5.28. The van der Waals surface area contributed by atoms with E-state index in [-0.39, 0.29) is 5.56 Å². The van der Waals surface area contributed by atoms with Gasteiger partial charge in [0.1, 0.15) is 0 Å². The number of aliphatic hydroxyl groups excluding tert-OH is 1. The average Bonchev–Trinajstić information content (AvgIpc) is 2.65. The van der Waals surface area contributed by atoms with Crippen LogP contribution in [0.2, 0.25) is 0 Å². The van der Waals surface area contributed by atoms with Gasteiger partial charge < -0.3 is 15.4 Å². The third kappa shape index (κ3) is 4.78. The summed E-state index contributed by atoms with van der Waals surface area (Å²) in [6.45, 7) is 1.93. The lowest BCUT2D eigenvalue weighted by atomic mass is 10.1. The Morgan fingerprint density at radius 3 is 2.58 bits per heavy atom. The number of aromatic nitrogens is 1. The molecule has 0 aliphatic heterocycles. The zero-order valence-electron chi connectivity index (χ0n) is 14.5. The van der Waals surface area contributed by atoms with E-state index in [0.717, 1.165) is 23.6 Å². The number of hydrogen-bond donors (Lipinski definition) is 4. The van der Waals surface area contributed by atoms with Crippen molar-refractivity contribution in [2.24, 2.45) is 5.10 Å². The summed E-state index contributed by atoms with van der Waals surface area (Å²) in [6.07, 6.45) is 1.32. The van der Waals surface area contributed by atoms with E-state index in [1.54, 1.807) is 18.2 Å². The average molecular weight is 352 g/mol. The molecule has 0 bridgehead atoms. The Kier molecular flexibility index (Phi) is 6.64. The number of amides is 2. The number of rotatable bonds is 3. The highest BCUT2D eigenvalue weighted by atomic mass is 16.2. The number of para-hydroxylation sites is 2. The topological polar surface area (TPSA) is 107 Å². The summed E-state index contributed by atoms with van der Waals surface area (Å²) < 4.78 is 0. The normalized spacial score (nSPS) is 10.3. The number of pyridine rings is 1. The summed E-state index contributed by atoms with van der Waals surface area (Å²) in [5.74, 6) is 0. The van der Waals surface area contributed by atoms with Crippen LogP contribution in [0.25, 0.3) is 10.9 Å². The van der Waals surface area contributed by atoms with Crippen LogP contribution >= 0.6 is 0 Å². The number of fused-ring (bicyclic) bond motifs is 1. The number of hydrazone groups is 1. The largest absolute Gasteiger partial charge is 0.400 e. The molecule has 7 nitrogen and oxygen atoms in total. The maximum absolute atomic E-state index is 12.1. The third-order valence-electron chi connectivity index (χ3n) is 3.52. The molecular weight excluding hydrogens is 332 g/mol. The van der Waals surface area contributed by atoms with Gasteiger partial charge in [0.25, 0.3) is 5.56 Å². The molecule has 0 saturated carbocycles. The SMILES string of the molecule is CO.Cc1cccc2cc(/C=N/NC(=O)Nc3ccccc3)c(=O)[nH]c12. The van der Waals surface area contributed by atoms with Crippen LogP contribution in [-0.2, 0) is 0 Å². The first-order valence-electron chi connectivity index (χ1n) is 7.86. The van der Waals surface area contributed by atoms with E-state index in [0.29, 0.717) is 11.3 Å². The van der Waals surface area contributed by atoms with Gasteiger partial charge in [-0.1, -0.05) is 36.4 Å². The number of nitrogens with zero attached hydrogens (tertiary/aromatic N) is 1. The van der Waals surface area contributed by atoms with Crippen LogP contribution in [0, 0.1) is 6.92 Å². The Hall–Kier alpha value is -3.45. The standard InChI is InChI=1S/C18H16N4O2.CH4O/c1-12-6-5-7-13-10-14(17(23)21-16(12)13)11-19-22-18(24)20-15-8-3-2-4-9-15;1-2/h2-11H,1H3,(H,21,23)(H2,20,22,24);2H,1H3/b19-11+;. The lowest BCUT2D eigenvalue weighted by Crippen LogP contribution is -2.24. The van der Waals surface area contributed by atoms with Crippen molar-refractivity contribution >= 4 is 28.8 Å². The van der Waals surface area contributed by atoms with E-state index in [2.05, 4.69) is 20.8 Å². The second kappa shape index (κ2) is 9.14. The fourth-order valence-electron chi connectivity index (χ4n) is 2.34. The Balaban J connectivity index is 0.00000117. The highest BCUT2D eigenvalue weighted by Crippen LogP contribution is 2.14. The van der Waals surface area contributed by atoms with Gasteiger partial charge in [0, 0.05) is 12.8 Å². The van der Waals surface area contributed by atoms with E-state index in [1.807, 2.05) is 43.3 Å². The Labute approximate surface area is 150 Å². The van der Waals surface area contributed by atoms with Crippen molar-refractivity contribution in [3.63, 3.8) is 0 Å². The third-order valence-corrected chi connectivity index (χ3v) is 3.52. The molecule has 2 amide bonds. The number of carbonyl (C=O) groups excluding carboxylic acids is 1. The first-order valence-corrected chi connectivity index (χ1v) is 7.86. The van der Waals surface area contributed by atoms with Crippen molar-refractivity contribution in [1.82, 2.24) is 10.4 Å². The number of hydrogen-bond acceptors (Lipinski definition) is 4. The molecule has 134 valence electrons. The van der Waals surface area contributed by atoms with E-state index in [1.165, 1.54) is 6.21 Å². The van der Waals surface area contributed by atoms with E-state index < -0.39 is 6.03 Å². The molecule has 0 spiro atoms. The van der Waals surface area contributed by atoms with Crippen molar-refractivity contribution in [3.05, 3.63) is 76.1 Å². The minimum atomic E-state index is -0.481. The van der Waals surface area contributed by atoms with Crippen molar-refractivity contribution in [1.29, 1.82) is 0 Å². The summed E-state index contributed by atoms with van der Waals surface area (Å²) in [4.78, 5) is 26.6. The van der Waals surface area contributed by atoms with Gasteiger partial charge in [-0.15, -0.1) is 0 Å². The van der Waals surface area contributed by atoms with Crippen molar-refractivity contribution in [2.45, 2.75) is 6.92 Å². The fourth-order valence-corrected chi connectivity index (χ4v) is 2.34. The molecular formula is C19H20N4O3. The van der Waals surface area contributed by atoms with Crippen LogP contribution in [0.4, 0.5) is 10.5 Å². The van der Waals surface area contributed by atoms with Crippen LogP contribution < -0.4 is 16.3 Å². The molecule has 26 heavy (non-hydrogen) atoms. The molecule has 0 unspecified atom stereocenters. The molecule has 0 aliphatic carbocycles. The smallest absolute Gasteiger partial charge is 0.339 e. The number of H-pyrrole nitrogens is 1. The highest BCUT2D eigenvalue weighted by Gasteiger charge is 2.03. The molecule has 1 heterocycles. The maximum Gasteiger partial charge on any atom is 0.339 e. The Bertz CT molecular complexity index is 965. The summed E-state index contributed by atoms with van der Waals surface area (Å²) in [5, 5.41) is 14.4. The minimum Gasteiger partial charge on any atom is -0.400 e. The molecule has 4 N–H and O–H groups in total. The van der Waals surface area contributed by atoms with Gasteiger partial charge in [-0.25, -0.2) is 10.2 Å². The number of aromatic amines is 1. The molecule has 0 atom stereocenters. The highest BCUT2D eigenvalue weighted by molar-refractivity contribution is 5.91. The molecule has 0 radical (unpaired) electrons. The monoisotopic (exact) mass is 352 g/mol. The number of aryl methyl sites for hydroxylation is 1. The Morgan fingerprint density at radius 1 is 1.12 bits per heavy atom. The van der Waals surface area contributed by atoms with Gasteiger partial charge in [0.15, 0.2) is 0 Å². The van der Waals surface area contributed by atoms with Gasteiger partial charge in [-0.3, -0.25) is 4.79 Å². The number of urea groups is 1. The molecule has 0 fully saturated rings. The summed E-state index contributed by atoms with van der Waals surface area (Å²) in [5.41, 5.74) is 4.89. The van der Waals surface area contributed by atoms with Gasteiger partial charge >= 0.3 is 6.03 Å². The van der Waals surface area contributed by atoms with Gasteiger partial charge in [0.05, 0.1) is 17.3 Å². The lowest BCUT2D eigenvalue weighted by molar-refractivity contribution is 0.252. The predicted octanol–water partition coefficient (Wildman–Crippen LogP) is 2.60. The summed E-state index contributed by atoms with van der Waals surface area (Å²) in [7, 11) is 1.00. The van der Waals surface area contributed by atoms with Gasteiger partial charge in [0.2, 0.25) is 0 Å². The van der Waals surface area contributed by atoms with Crippen molar-refractivity contribution < 1.29 is 9.90 Å². The molecule has 1 aromatic heterocycles. The van der Waals surface area contributed by atoms with Gasteiger partial charge in [-0.05, 0) is 36.1 Å². The van der Waals surface area contributed by atoms with E-state index in [4.69, 9.17) is 5.11 Å². The maximum atomic E-state index is 12.1. The van der Waals surface area contributed by atoms with Crippen LogP contribution in [-0.4, -0.2) is 29.4 Å². The first kappa shape index (κ1) is 18.9. The summed E-state index contributed by atoms with van der Waals surface area (Å²) in [6, 6.07) is 16.0. The second-order valence-electron chi connectivity index (χ2n) is 5.28. The number of anilines is 1. The van der Waals surface area contributed by atoms with Crippen molar-refractivity contribution in [2.75, 3.05) is 12.4 Å². The van der Waals surface area contributed by atoms with E-state index >= 15 is 0 Å². The van der Waals surface area contributed by atoms with Crippen LogP contribution in [0.1, 0.15) is 11.1 Å². The molecule has 2 aromatic carbocycles.